The van der Waals surface area contributed by atoms with Crippen molar-refractivity contribution < 1.29 is 27.5 Å². The Morgan fingerprint density at radius 1 is 1.23 bits per heavy atom. The second kappa shape index (κ2) is 5.39. The minimum atomic E-state index is -3.36. The molecule has 0 saturated heterocycles. The van der Waals surface area contributed by atoms with Gasteiger partial charge in [0, 0.05) is 23.3 Å². The highest BCUT2D eigenvalue weighted by atomic mass is 32.2. The molecule has 0 bridgehead atoms. The first-order chi connectivity index (χ1) is 10.3. The first-order valence-electron chi connectivity index (χ1n) is 7.00. The van der Waals surface area contributed by atoms with Gasteiger partial charge in [-0.1, -0.05) is 0 Å². The van der Waals surface area contributed by atoms with Gasteiger partial charge < -0.3 is 9.47 Å². The molecule has 6 nitrogen and oxygen atoms in total. The van der Waals surface area contributed by atoms with Crippen LogP contribution in [0.1, 0.15) is 35.2 Å². The number of hydrogen-bond acceptors (Lipinski definition) is 6. The van der Waals surface area contributed by atoms with Crippen molar-refractivity contribution in [1.82, 2.24) is 0 Å². The Bertz CT molecular complexity index is 746. The van der Waals surface area contributed by atoms with Gasteiger partial charge in [0.25, 0.3) is 0 Å². The summed E-state index contributed by atoms with van der Waals surface area (Å²) in [5.74, 6) is -0.0601. The van der Waals surface area contributed by atoms with Gasteiger partial charge >= 0.3 is 0 Å². The summed E-state index contributed by atoms with van der Waals surface area (Å²) in [5.41, 5.74) is 0.509. The molecule has 0 spiro atoms. The Morgan fingerprint density at radius 3 is 2.59 bits per heavy atom. The van der Waals surface area contributed by atoms with Crippen LogP contribution in [0.4, 0.5) is 0 Å². The number of fused-ring (bicyclic) bond motifs is 1. The summed E-state index contributed by atoms with van der Waals surface area (Å²) >= 11 is 0. The number of ether oxygens (including phenoxy) is 2. The fourth-order valence-corrected chi connectivity index (χ4v) is 3.31. The monoisotopic (exact) mass is 324 g/mol. The van der Waals surface area contributed by atoms with Crippen molar-refractivity contribution in [1.29, 1.82) is 0 Å². The van der Waals surface area contributed by atoms with Crippen molar-refractivity contribution in [2.45, 2.75) is 25.0 Å². The molecule has 1 aromatic carbocycles. The molecule has 0 atom stereocenters. The van der Waals surface area contributed by atoms with Gasteiger partial charge in [-0.25, -0.2) is 8.42 Å². The molecule has 3 rings (SSSR count). The average Bonchev–Trinajstić information content (AvgIpc) is 3.15. The molecule has 0 N–H and O–H groups in total. The zero-order valence-electron chi connectivity index (χ0n) is 12.1. The molecule has 1 aromatic rings. The van der Waals surface area contributed by atoms with Gasteiger partial charge in [0.05, 0.1) is 12.2 Å². The second-order valence-corrected chi connectivity index (χ2v) is 7.88. The van der Waals surface area contributed by atoms with Crippen molar-refractivity contribution in [2.24, 2.45) is 5.92 Å². The third-order valence-electron chi connectivity index (χ3n) is 3.72. The minimum absolute atomic E-state index is 0.00341. The van der Waals surface area contributed by atoms with Crippen molar-refractivity contribution >= 4 is 21.4 Å². The Labute approximate surface area is 128 Å². The number of benzene rings is 1. The van der Waals surface area contributed by atoms with E-state index < -0.39 is 9.84 Å². The summed E-state index contributed by atoms with van der Waals surface area (Å²) in [6, 6.07) is 3.08. The van der Waals surface area contributed by atoms with E-state index in [9.17, 15) is 18.0 Å². The molecule has 0 radical (unpaired) electrons. The number of carbonyl (C=O) groups excluding carboxylic acids is 2. The Hall–Kier alpha value is -1.89. The molecule has 7 heteroatoms. The standard InChI is InChI=1S/C15H16O6S/c1-22(18,19)7-11-10(4-5-14-15(11)21-8-20-14)13(17)6-12(16)9-2-3-9/h4-5,9H,2-3,6-8H2,1H3. The molecule has 1 aliphatic carbocycles. The van der Waals surface area contributed by atoms with E-state index in [1.54, 1.807) is 6.07 Å². The molecule has 0 unspecified atom stereocenters. The largest absolute Gasteiger partial charge is 0.454 e. The highest BCUT2D eigenvalue weighted by Crippen LogP contribution is 2.39. The van der Waals surface area contributed by atoms with E-state index in [1.807, 2.05) is 0 Å². The molecule has 1 aliphatic heterocycles. The second-order valence-electron chi connectivity index (χ2n) is 5.74. The Balaban J connectivity index is 1.95. The summed E-state index contributed by atoms with van der Waals surface area (Å²) in [7, 11) is -3.36. The van der Waals surface area contributed by atoms with Crippen LogP contribution in [0, 0.1) is 5.92 Å². The van der Waals surface area contributed by atoms with Crippen LogP contribution < -0.4 is 9.47 Å². The summed E-state index contributed by atoms with van der Waals surface area (Å²) < 4.78 is 33.8. The number of hydrogen-bond donors (Lipinski definition) is 0. The first-order valence-corrected chi connectivity index (χ1v) is 9.06. The van der Waals surface area contributed by atoms with E-state index in [4.69, 9.17) is 9.47 Å². The van der Waals surface area contributed by atoms with Crippen LogP contribution in [-0.2, 0) is 20.4 Å². The van der Waals surface area contributed by atoms with E-state index in [1.165, 1.54) is 6.07 Å². The first kappa shape index (κ1) is 15.0. The molecule has 0 aromatic heterocycles. The van der Waals surface area contributed by atoms with Crippen molar-refractivity contribution in [3.63, 3.8) is 0 Å². The molecule has 1 heterocycles. The van der Waals surface area contributed by atoms with Crippen LogP contribution in [0.2, 0.25) is 0 Å². The summed E-state index contributed by atoms with van der Waals surface area (Å²) in [5, 5.41) is 0. The summed E-state index contributed by atoms with van der Waals surface area (Å²) in [4.78, 5) is 24.2. The topological polar surface area (TPSA) is 86.7 Å². The van der Waals surface area contributed by atoms with Gasteiger partial charge in [0.15, 0.2) is 27.1 Å². The third kappa shape index (κ3) is 3.14. The van der Waals surface area contributed by atoms with Crippen molar-refractivity contribution in [3.05, 3.63) is 23.3 Å². The van der Waals surface area contributed by atoms with E-state index in [2.05, 4.69) is 0 Å². The van der Waals surface area contributed by atoms with Crippen molar-refractivity contribution in [3.8, 4) is 11.5 Å². The lowest BCUT2D eigenvalue weighted by molar-refractivity contribution is -0.119. The van der Waals surface area contributed by atoms with E-state index in [0.717, 1.165) is 19.1 Å². The van der Waals surface area contributed by atoms with Crippen LogP contribution in [0.5, 0.6) is 11.5 Å². The van der Waals surface area contributed by atoms with Crippen LogP contribution in [0.15, 0.2) is 12.1 Å². The number of sulfone groups is 1. The summed E-state index contributed by atoms with van der Waals surface area (Å²) in [6.45, 7) is -0.00918. The van der Waals surface area contributed by atoms with E-state index >= 15 is 0 Å². The third-order valence-corrected chi connectivity index (χ3v) is 4.53. The number of Topliss-reactive ketones (excluding diaryl/α,β-unsaturated/α-hetero) is 2. The van der Waals surface area contributed by atoms with Crippen molar-refractivity contribution in [2.75, 3.05) is 13.0 Å². The molecular formula is C15H16O6S. The van der Waals surface area contributed by atoms with Gasteiger partial charge in [-0.3, -0.25) is 9.59 Å². The van der Waals surface area contributed by atoms with E-state index in [-0.39, 0.29) is 53.3 Å². The zero-order valence-corrected chi connectivity index (χ0v) is 12.9. The SMILES string of the molecule is CS(=O)(=O)Cc1c(C(=O)CC(=O)C2CC2)ccc2c1OCO2. The fraction of sp³-hybridized carbons (Fsp3) is 0.467. The van der Waals surface area contributed by atoms with Gasteiger partial charge in [-0.15, -0.1) is 0 Å². The Morgan fingerprint density at radius 2 is 1.95 bits per heavy atom. The minimum Gasteiger partial charge on any atom is -0.454 e. The predicted octanol–water partition coefficient (Wildman–Crippen LogP) is 1.51. The van der Waals surface area contributed by atoms with Crippen LogP contribution >= 0.6 is 0 Å². The average molecular weight is 324 g/mol. The molecule has 1 saturated carbocycles. The Kier molecular flexibility index (Phi) is 3.68. The van der Waals surface area contributed by atoms with Gasteiger partial charge in [0.1, 0.15) is 5.78 Å². The molecule has 2 aliphatic rings. The fourth-order valence-electron chi connectivity index (χ4n) is 2.50. The maximum atomic E-state index is 12.4. The number of carbonyl (C=O) groups is 2. The highest BCUT2D eigenvalue weighted by molar-refractivity contribution is 7.89. The van der Waals surface area contributed by atoms with Crippen LogP contribution in [0.25, 0.3) is 0 Å². The molecular weight excluding hydrogens is 308 g/mol. The zero-order chi connectivity index (χ0) is 15.9. The predicted molar refractivity (Wildman–Crippen MR) is 77.8 cm³/mol. The van der Waals surface area contributed by atoms with Crippen LogP contribution in [0.3, 0.4) is 0 Å². The normalized spacial score (nSPS) is 16.6. The summed E-state index contributed by atoms with van der Waals surface area (Å²) in [6.07, 6.45) is 2.57. The van der Waals surface area contributed by atoms with E-state index in [0.29, 0.717) is 5.75 Å². The molecule has 1 fully saturated rings. The quantitative estimate of drug-likeness (QED) is 0.582. The maximum absolute atomic E-state index is 12.4. The lowest BCUT2D eigenvalue weighted by atomic mass is 9.98. The van der Waals surface area contributed by atoms with Gasteiger partial charge in [-0.05, 0) is 25.0 Å². The number of rotatable bonds is 6. The van der Waals surface area contributed by atoms with Gasteiger partial charge in [0.2, 0.25) is 6.79 Å². The lowest BCUT2D eigenvalue weighted by Crippen LogP contribution is -2.14. The molecule has 0 amide bonds. The number of ketones is 2. The molecule has 118 valence electrons. The lowest BCUT2D eigenvalue weighted by Gasteiger charge is -2.11. The smallest absolute Gasteiger partial charge is 0.231 e. The van der Waals surface area contributed by atoms with Gasteiger partial charge in [-0.2, -0.15) is 0 Å². The highest BCUT2D eigenvalue weighted by Gasteiger charge is 2.32. The van der Waals surface area contributed by atoms with Crippen LogP contribution in [-0.4, -0.2) is 33.0 Å². The molecule has 22 heavy (non-hydrogen) atoms. The maximum Gasteiger partial charge on any atom is 0.231 e.